The Kier molecular flexibility index (Phi) is 9.55. The van der Waals surface area contributed by atoms with Crippen molar-refractivity contribution in [2.24, 2.45) is 17.8 Å². The lowest BCUT2D eigenvalue weighted by Crippen LogP contribution is -2.28. The van der Waals surface area contributed by atoms with Gasteiger partial charge in [-0.3, -0.25) is 0 Å². The van der Waals surface area contributed by atoms with E-state index in [4.69, 9.17) is 4.74 Å². The van der Waals surface area contributed by atoms with Crippen LogP contribution in [-0.4, -0.2) is 15.9 Å². The molecule has 0 spiro atoms. The highest BCUT2D eigenvalue weighted by Gasteiger charge is 2.30. The van der Waals surface area contributed by atoms with E-state index in [1.165, 1.54) is 64.9 Å². The summed E-state index contributed by atoms with van der Waals surface area (Å²) in [5, 5.41) is 0. The summed E-state index contributed by atoms with van der Waals surface area (Å²) in [7, 11) is 1.19. The predicted octanol–water partition coefficient (Wildman–Crippen LogP) is 7.79. The summed E-state index contributed by atoms with van der Waals surface area (Å²) in [5.41, 5.74) is 1.10. The lowest BCUT2D eigenvalue weighted by Gasteiger charge is -2.37. The lowest BCUT2D eigenvalue weighted by atomic mass is 9.73. The number of halogens is 1. The van der Waals surface area contributed by atoms with E-state index in [1.807, 2.05) is 6.07 Å². The molecule has 1 saturated heterocycles. The Morgan fingerprint density at radius 3 is 2.34 bits per heavy atom. The molecule has 0 unspecified atom stereocenters. The van der Waals surface area contributed by atoms with Gasteiger partial charge in [-0.15, -0.1) is 0 Å². The molecule has 0 aromatic heterocycles. The first-order chi connectivity index (χ1) is 14.2. The molecular weight excluding hydrogens is 375 g/mol. The van der Waals surface area contributed by atoms with E-state index in [1.54, 1.807) is 43.1 Å². The maximum atomic E-state index is 13.8. The lowest BCUT2D eigenvalue weighted by molar-refractivity contribution is 0.184. The average molecular weight is 419 g/mol. The molecule has 0 N–H and O–H groups in total. The van der Waals surface area contributed by atoms with Crippen LogP contribution in [0, 0.1) is 23.6 Å². The van der Waals surface area contributed by atoms with E-state index in [-0.39, 0.29) is 14.6 Å². The van der Waals surface area contributed by atoms with Crippen LogP contribution >= 0.6 is 0 Å². The van der Waals surface area contributed by atoms with E-state index in [0.29, 0.717) is 5.75 Å². The van der Waals surface area contributed by atoms with E-state index in [9.17, 15) is 4.39 Å². The van der Waals surface area contributed by atoms with Crippen molar-refractivity contribution in [1.82, 2.24) is 0 Å². The molecule has 1 heterocycles. The summed E-state index contributed by atoms with van der Waals surface area (Å²) in [6.45, 7) is 2.34. The van der Waals surface area contributed by atoms with Crippen LogP contribution in [0.3, 0.4) is 0 Å². The third-order valence-corrected chi connectivity index (χ3v) is 11.5. The van der Waals surface area contributed by atoms with Gasteiger partial charge in [-0.25, -0.2) is 4.39 Å². The molecule has 1 saturated carbocycles. The van der Waals surface area contributed by atoms with Crippen molar-refractivity contribution in [2.75, 3.05) is 7.11 Å². The molecular formula is C26H43FOSi. The van der Waals surface area contributed by atoms with Crippen LogP contribution in [0.5, 0.6) is 5.75 Å². The quantitative estimate of drug-likeness (QED) is 0.278. The fraction of sp³-hybridized carbons (Fsp3) is 0.769. The molecule has 1 aromatic rings. The Morgan fingerprint density at radius 1 is 0.966 bits per heavy atom. The SMILES string of the molecule is CCCC[SiH]1CCC(C2CCC(CCCCc3ccc(OC)c(F)c3)CC2)CC1. The second kappa shape index (κ2) is 12.1. The summed E-state index contributed by atoms with van der Waals surface area (Å²) in [6, 6.07) is 10.3. The van der Waals surface area contributed by atoms with Gasteiger partial charge in [0.2, 0.25) is 0 Å². The number of unbranched alkanes of at least 4 members (excludes halogenated alkanes) is 2. The van der Waals surface area contributed by atoms with Gasteiger partial charge < -0.3 is 4.74 Å². The highest BCUT2D eigenvalue weighted by molar-refractivity contribution is 6.58. The van der Waals surface area contributed by atoms with E-state index in [0.717, 1.165) is 29.7 Å². The molecule has 0 atom stereocenters. The summed E-state index contributed by atoms with van der Waals surface area (Å²) >= 11 is 0. The maximum Gasteiger partial charge on any atom is 0.165 e. The van der Waals surface area contributed by atoms with Gasteiger partial charge in [0.15, 0.2) is 11.6 Å². The van der Waals surface area contributed by atoms with E-state index >= 15 is 0 Å². The Bertz CT molecular complexity index is 588. The van der Waals surface area contributed by atoms with Gasteiger partial charge in [0, 0.05) is 8.80 Å². The minimum atomic E-state index is -0.333. The highest BCUT2D eigenvalue weighted by atomic mass is 28.3. The molecule has 2 aliphatic rings. The zero-order valence-corrected chi connectivity index (χ0v) is 20.1. The fourth-order valence-electron chi connectivity index (χ4n) is 6.02. The Hall–Kier alpha value is -0.833. The molecule has 1 aromatic carbocycles. The second-order valence-corrected chi connectivity index (χ2v) is 13.4. The van der Waals surface area contributed by atoms with Gasteiger partial charge in [0.05, 0.1) is 7.11 Å². The Balaban J connectivity index is 1.28. The minimum absolute atomic E-state index is 0.231. The van der Waals surface area contributed by atoms with Crippen molar-refractivity contribution < 1.29 is 9.13 Å². The smallest absolute Gasteiger partial charge is 0.165 e. The van der Waals surface area contributed by atoms with Gasteiger partial charge in [-0.05, 0) is 61.1 Å². The first-order valence-electron chi connectivity index (χ1n) is 12.5. The fourth-order valence-corrected chi connectivity index (χ4v) is 9.67. The Labute approximate surface area is 180 Å². The number of rotatable bonds is 10. The van der Waals surface area contributed by atoms with Crippen LogP contribution in [0.25, 0.3) is 0 Å². The molecule has 0 radical (unpaired) electrons. The molecule has 29 heavy (non-hydrogen) atoms. The molecule has 1 aliphatic heterocycles. The van der Waals surface area contributed by atoms with Crippen molar-refractivity contribution in [3.05, 3.63) is 29.6 Å². The average Bonchev–Trinajstić information content (AvgIpc) is 2.76. The molecule has 1 nitrogen and oxygen atoms in total. The second-order valence-electron chi connectivity index (χ2n) is 9.92. The largest absolute Gasteiger partial charge is 0.494 e. The number of ether oxygens (including phenoxy) is 1. The van der Waals surface area contributed by atoms with Gasteiger partial charge >= 0.3 is 0 Å². The molecule has 1 aliphatic carbocycles. The maximum absolute atomic E-state index is 13.8. The van der Waals surface area contributed by atoms with Gasteiger partial charge in [-0.1, -0.05) is 82.5 Å². The number of aryl methyl sites for hydroxylation is 1. The minimum Gasteiger partial charge on any atom is -0.494 e. The van der Waals surface area contributed by atoms with Crippen molar-refractivity contribution in [2.45, 2.75) is 102 Å². The Morgan fingerprint density at radius 2 is 1.69 bits per heavy atom. The number of benzene rings is 1. The third kappa shape index (κ3) is 7.12. The van der Waals surface area contributed by atoms with Gasteiger partial charge in [0.1, 0.15) is 0 Å². The van der Waals surface area contributed by atoms with Crippen molar-refractivity contribution in [3.63, 3.8) is 0 Å². The molecule has 2 fully saturated rings. The zero-order chi connectivity index (χ0) is 20.5. The molecule has 164 valence electrons. The summed E-state index contributed by atoms with van der Waals surface area (Å²) in [6.07, 6.45) is 16.8. The summed E-state index contributed by atoms with van der Waals surface area (Å²) in [5.74, 6) is 3.20. The molecule has 0 amide bonds. The first-order valence-corrected chi connectivity index (χ1v) is 15.0. The normalized spacial score (nSPS) is 27.7. The summed E-state index contributed by atoms with van der Waals surface area (Å²) in [4.78, 5) is 0. The van der Waals surface area contributed by atoms with Crippen LogP contribution < -0.4 is 4.74 Å². The highest BCUT2D eigenvalue weighted by Crippen LogP contribution is 2.42. The number of hydrogen-bond acceptors (Lipinski definition) is 1. The van der Waals surface area contributed by atoms with Crippen molar-refractivity contribution in [1.29, 1.82) is 0 Å². The molecule has 3 rings (SSSR count). The van der Waals surface area contributed by atoms with Crippen LogP contribution in [0.15, 0.2) is 18.2 Å². The van der Waals surface area contributed by atoms with Crippen molar-refractivity contribution in [3.8, 4) is 5.75 Å². The summed E-state index contributed by atoms with van der Waals surface area (Å²) < 4.78 is 18.8. The number of hydrogen-bond donors (Lipinski definition) is 0. The van der Waals surface area contributed by atoms with Crippen LogP contribution in [0.4, 0.5) is 4.39 Å². The third-order valence-electron chi connectivity index (χ3n) is 7.96. The number of methoxy groups -OCH3 is 1. The zero-order valence-electron chi connectivity index (χ0n) is 18.9. The molecule has 0 bridgehead atoms. The van der Waals surface area contributed by atoms with E-state index < -0.39 is 0 Å². The van der Waals surface area contributed by atoms with Gasteiger partial charge in [-0.2, -0.15) is 0 Å². The van der Waals surface area contributed by atoms with Gasteiger partial charge in [0.25, 0.3) is 0 Å². The standard InChI is InChI=1S/C26H43FOSi/c1-3-4-17-29-18-15-24(16-19-29)23-12-9-21(10-13-23)7-5-6-8-22-11-14-26(28-2)25(27)20-22/h11,14,20-21,23-24,29H,3-10,12-13,15-19H2,1-2H3. The van der Waals surface area contributed by atoms with Crippen LogP contribution in [-0.2, 0) is 6.42 Å². The van der Waals surface area contributed by atoms with Crippen LogP contribution in [0.1, 0.15) is 83.1 Å². The topological polar surface area (TPSA) is 9.23 Å². The van der Waals surface area contributed by atoms with E-state index in [2.05, 4.69) is 6.92 Å². The monoisotopic (exact) mass is 418 g/mol. The van der Waals surface area contributed by atoms with Crippen LogP contribution in [0.2, 0.25) is 18.1 Å². The van der Waals surface area contributed by atoms with Crippen molar-refractivity contribution >= 4 is 8.80 Å². The predicted molar refractivity (Wildman–Crippen MR) is 125 cm³/mol. The molecule has 3 heteroatoms. The first kappa shape index (κ1) is 22.8.